The van der Waals surface area contributed by atoms with Crippen LogP contribution in [0.25, 0.3) is 0 Å². The van der Waals surface area contributed by atoms with E-state index < -0.39 is 17.4 Å². The molecule has 0 heterocycles. The number of thiocarbonyl (C=S) groups is 1. The highest BCUT2D eigenvalue weighted by Crippen LogP contribution is 2.34. The van der Waals surface area contributed by atoms with Gasteiger partial charge in [0.1, 0.15) is 10.7 Å². The van der Waals surface area contributed by atoms with Gasteiger partial charge in [-0.05, 0) is 30.5 Å². The number of hydrogen-bond donors (Lipinski definition) is 1. The third kappa shape index (κ3) is 3.08. The molecule has 0 bridgehead atoms. The zero-order valence-electron chi connectivity index (χ0n) is 10.5. The van der Waals surface area contributed by atoms with E-state index in [-0.39, 0.29) is 10.6 Å². The fourth-order valence-corrected chi connectivity index (χ4v) is 2.26. The van der Waals surface area contributed by atoms with Gasteiger partial charge in [-0.25, -0.2) is 8.78 Å². The summed E-state index contributed by atoms with van der Waals surface area (Å²) in [4.78, 5) is 0.712. The number of para-hydroxylation sites is 1. The Morgan fingerprint density at radius 1 is 1.20 bits per heavy atom. The largest absolute Gasteiger partial charge is 0.450 e. The molecule has 0 spiro atoms. The van der Waals surface area contributed by atoms with Crippen LogP contribution in [-0.4, -0.2) is 11.2 Å². The summed E-state index contributed by atoms with van der Waals surface area (Å²) in [5, 5.41) is 0. The molecule has 0 aliphatic carbocycles. The second-order valence-electron chi connectivity index (χ2n) is 3.89. The maximum Gasteiger partial charge on any atom is 0.198 e. The minimum Gasteiger partial charge on any atom is -0.450 e. The Balaban J connectivity index is 2.41. The first-order chi connectivity index (χ1) is 9.52. The van der Waals surface area contributed by atoms with Crippen LogP contribution in [0.3, 0.4) is 0 Å². The molecular weight excluding hydrogens is 300 g/mol. The van der Waals surface area contributed by atoms with Crippen molar-refractivity contribution >= 4 is 29.0 Å². The molecule has 2 aromatic carbocycles. The molecule has 0 aliphatic heterocycles. The molecule has 0 amide bonds. The Morgan fingerprint density at radius 3 is 2.35 bits per heavy atom. The lowest BCUT2D eigenvalue weighted by Gasteiger charge is -2.11. The van der Waals surface area contributed by atoms with Crippen molar-refractivity contribution in [3.8, 4) is 11.5 Å². The van der Waals surface area contributed by atoms with E-state index in [1.54, 1.807) is 18.2 Å². The van der Waals surface area contributed by atoms with E-state index >= 15 is 0 Å². The summed E-state index contributed by atoms with van der Waals surface area (Å²) < 4.78 is 33.2. The van der Waals surface area contributed by atoms with Gasteiger partial charge < -0.3 is 10.5 Å². The SMILES string of the molecule is CSc1ccccc1Oc1c(F)cc(C(N)=S)cc1F. The van der Waals surface area contributed by atoms with Crippen LogP contribution in [0.1, 0.15) is 5.56 Å². The molecular formula is C14H11F2NOS2. The second kappa shape index (κ2) is 6.19. The lowest BCUT2D eigenvalue weighted by Crippen LogP contribution is -2.10. The summed E-state index contributed by atoms with van der Waals surface area (Å²) in [7, 11) is 0. The molecule has 0 aromatic heterocycles. The van der Waals surface area contributed by atoms with Crippen molar-refractivity contribution in [3.63, 3.8) is 0 Å². The quantitative estimate of drug-likeness (QED) is 0.681. The smallest absolute Gasteiger partial charge is 0.198 e. The Hall–Kier alpha value is -1.66. The van der Waals surface area contributed by atoms with Gasteiger partial charge in [0.05, 0.1) is 0 Å². The predicted octanol–water partition coefficient (Wildman–Crippen LogP) is 4.11. The van der Waals surface area contributed by atoms with Crippen LogP contribution >= 0.6 is 24.0 Å². The number of halogens is 2. The monoisotopic (exact) mass is 311 g/mol. The van der Waals surface area contributed by atoms with Crippen molar-refractivity contribution in [2.24, 2.45) is 5.73 Å². The van der Waals surface area contributed by atoms with Gasteiger partial charge in [-0.1, -0.05) is 24.4 Å². The second-order valence-corrected chi connectivity index (χ2v) is 5.17. The van der Waals surface area contributed by atoms with Crippen molar-refractivity contribution in [1.82, 2.24) is 0 Å². The number of nitrogens with two attached hydrogens (primary N) is 1. The number of thioether (sulfide) groups is 1. The Labute approximate surface area is 124 Å². The van der Waals surface area contributed by atoms with E-state index in [0.29, 0.717) is 5.75 Å². The molecule has 104 valence electrons. The Kier molecular flexibility index (Phi) is 4.57. The molecule has 2 N–H and O–H groups in total. The number of benzene rings is 2. The minimum absolute atomic E-state index is 0.0705. The number of rotatable bonds is 4. The summed E-state index contributed by atoms with van der Waals surface area (Å²) in [5.74, 6) is -1.76. The van der Waals surface area contributed by atoms with E-state index in [4.69, 9.17) is 22.7 Å². The maximum atomic E-state index is 13.9. The molecule has 2 aromatic rings. The molecule has 0 saturated heterocycles. The molecule has 6 heteroatoms. The Morgan fingerprint density at radius 2 is 1.80 bits per heavy atom. The average molecular weight is 311 g/mol. The first-order valence-corrected chi connectivity index (χ1v) is 7.26. The van der Waals surface area contributed by atoms with Gasteiger partial charge in [-0.2, -0.15) is 0 Å². The van der Waals surface area contributed by atoms with Crippen LogP contribution in [-0.2, 0) is 0 Å². The first-order valence-electron chi connectivity index (χ1n) is 5.62. The van der Waals surface area contributed by atoms with Gasteiger partial charge in [0.2, 0.25) is 0 Å². The van der Waals surface area contributed by atoms with Gasteiger partial charge in [-0.15, -0.1) is 11.8 Å². The fraction of sp³-hybridized carbons (Fsp3) is 0.0714. The Bertz CT molecular complexity index is 638. The third-order valence-corrected chi connectivity index (χ3v) is 3.58. The highest BCUT2D eigenvalue weighted by molar-refractivity contribution is 7.98. The van der Waals surface area contributed by atoms with Crippen molar-refractivity contribution in [2.75, 3.05) is 6.26 Å². The molecule has 2 nitrogen and oxygen atoms in total. The minimum atomic E-state index is -0.844. The summed E-state index contributed by atoms with van der Waals surface area (Å²) in [6, 6.07) is 9.12. The molecule has 0 radical (unpaired) electrons. The molecule has 0 fully saturated rings. The number of ether oxygens (including phenoxy) is 1. The normalized spacial score (nSPS) is 10.3. The van der Waals surface area contributed by atoms with E-state index in [1.807, 2.05) is 12.3 Å². The van der Waals surface area contributed by atoms with Crippen LogP contribution in [0.4, 0.5) is 8.78 Å². The average Bonchev–Trinajstić information content (AvgIpc) is 2.42. The predicted molar refractivity (Wildman–Crippen MR) is 80.5 cm³/mol. The highest BCUT2D eigenvalue weighted by atomic mass is 32.2. The van der Waals surface area contributed by atoms with Crippen LogP contribution < -0.4 is 10.5 Å². The van der Waals surface area contributed by atoms with Crippen molar-refractivity contribution in [1.29, 1.82) is 0 Å². The maximum absolute atomic E-state index is 13.9. The van der Waals surface area contributed by atoms with Crippen molar-refractivity contribution in [2.45, 2.75) is 4.90 Å². The van der Waals surface area contributed by atoms with Gasteiger partial charge in [-0.3, -0.25) is 0 Å². The van der Waals surface area contributed by atoms with Crippen LogP contribution in [0, 0.1) is 11.6 Å². The van der Waals surface area contributed by atoms with Gasteiger partial charge >= 0.3 is 0 Å². The molecule has 2 rings (SSSR count). The lowest BCUT2D eigenvalue weighted by atomic mass is 10.2. The molecule has 20 heavy (non-hydrogen) atoms. The molecule has 0 atom stereocenters. The van der Waals surface area contributed by atoms with Gasteiger partial charge in [0.15, 0.2) is 17.4 Å². The highest BCUT2D eigenvalue weighted by Gasteiger charge is 2.16. The molecule has 0 aliphatic rings. The van der Waals surface area contributed by atoms with Crippen molar-refractivity contribution in [3.05, 3.63) is 53.6 Å². The summed E-state index contributed by atoms with van der Waals surface area (Å²) in [6.45, 7) is 0. The standard InChI is InChI=1S/C14H11F2NOS2/c1-20-12-5-3-2-4-11(12)18-13-9(15)6-8(14(17)19)7-10(13)16/h2-7H,1H3,(H2,17,19). The lowest BCUT2D eigenvalue weighted by molar-refractivity contribution is 0.400. The van der Waals surface area contributed by atoms with Crippen LogP contribution in [0.2, 0.25) is 0 Å². The van der Waals surface area contributed by atoms with Crippen LogP contribution in [0.5, 0.6) is 11.5 Å². The van der Waals surface area contributed by atoms with E-state index in [9.17, 15) is 8.78 Å². The first kappa shape index (κ1) is 14.7. The molecule has 0 unspecified atom stereocenters. The van der Waals surface area contributed by atoms with Gasteiger partial charge in [0.25, 0.3) is 0 Å². The van der Waals surface area contributed by atoms with Gasteiger partial charge in [0, 0.05) is 10.5 Å². The summed E-state index contributed by atoms with van der Waals surface area (Å²) in [6.07, 6.45) is 1.85. The van der Waals surface area contributed by atoms with E-state index in [1.165, 1.54) is 11.8 Å². The fourth-order valence-electron chi connectivity index (χ4n) is 1.61. The van der Waals surface area contributed by atoms with Crippen molar-refractivity contribution < 1.29 is 13.5 Å². The zero-order chi connectivity index (χ0) is 14.7. The third-order valence-electron chi connectivity index (χ3n) is 2.56. The molecule has 0 saturated carbocycles. The zero-order valence-corrected chi connectivity index (χ0v) is 12.2. The topological polar surface area (TPSA) is 35.2 Å². The van der Waals surface area contributed by atoms with E-state index in [2.05, 4.69) is 0 Å². The van der Waals surface area contributed by atoms with Crippen LogP contribution in [0.15, 0.2) is 41.3 Å². The van der Waals surface area contributed by atoms with E-state index in [0.717, 1.165) is 17.0 Å². The summed E-state index contributed by atoms with van der Waals surface area (Å²) >= 11 is 6.12. The summed E-state index contributed by atoms with van der Waals surface area (Å²) in [5.41, 5.74) is 5.48. The number of hydrogen-bond acceptors (Lipinski definition) is 3.